The molecular formula is C7H5F3N2O. The molecule has 0 aliphatic heterocycles. The van der Waals surface area contributed by atoms with Crippen molar-refractivity contribution in [1.29, 1.82) is 0 Å². The van der Waals surface area contributed by atoms with Gasteiger partial charge in [0.15, 0.2) is 0 Å². The monoisotopic (exact) mass is 190 g/mol. The van der Waals surface area contributed by atoms with Crippen LogP contribution in [0, 0.1) is 5.95 Å². The van der Waals surface area contributed by atoms with Gasteiger partial charge in [-0.15, -0.1) is 0 Å². The Hall–Kier alpha value is -1.59. The summed E-state index contributed by atoms with van der Waals surface area (Å²) in [7, 11) is 0. The second kappa shape index (κ2) is 3.88. The summed E-state index contributed by atoms with van der Waals surface area (Å²) in [6.07, 6.45) is -2.14. The Bertz CT molecular complexity index is 299. The highest BCUT2D eigenvalue weighted by molar-refractivity contribution is 5.92. The van der Waals surface area contributed by atoms with Crippen molar-refractivity contribution < 1.29 is 18.0 Å². The van der Waals surface area contributed by atoms with E-state index in [4.69, 9.17) is 0 Å². The van der Waals surface area contributed by atoms with Crippen molar-refractivity contribution in [2.24, 2.45) is 0 Å². The van der Waals surface area contributed by atoms with Crippen LogP contribution in [0.3, 0.4) is 0 Å². The molecule has 0 atom stereocenters. The lowest BCUT2D eigenvalue weighted by molar-refractivity contribution is -0.126. The highest BCUT2D eigenvalue weighted by Crippen LogP contribution is 2.06. The summed E-state index contributed by atoms with van der Waals surface area (Å²) in [4.78, 5) is 13.6. The van der Waals surface area contributed by atoms with Crippen molar-refractivity contribution in [3.63, 3.8) is 0 Å². The first-order valence-corrected chi connectivity index (χ1v) is 3.30. The maximum Gasteiger partial charge on any atom is 0.315 e. The van der Waals surface area contributed by atoms with Gasteiger partial charge in [0.2, 0.25) is 5.95 Å². The average molecular weight is 190 g/mol. The molecule has 0 aromatic carbocycles. The molecule has 1 N–H and O–H groups in total. The van der Waals surface area contributed by atoms with Crippen LogP contribution in [0.4, 0.5) is 18.9 Å². The lowest BCUT2D eigenvalue weighted by Crippen LogP contribution is -2.20. The second-order valence-electron chi connectivity index (χ2n) is 2.16. The molecule has 0 radical (unpaired) electrons. The molecule has 1 heterocycles. The zero-order chi connectivity index (χ0) is 9.84. The normalized spacial score (nSPS) is 10.2. The van der Waals surface area contributed by atoms with Gasteiger partial charge in [-0.2, -0.15) is 13.2 Å². The topological polar surface area (TPSA) is 42.0 Å². The number of halogens is 3. The highest BCUT2D eigenvalue weighted by atomic mass is 19.3. The molecule has 1 aromatic rings. The summed E-state index contributed by atoms with van der Waals surface area (Å²) in [5.41, 5.74) is 0.0340. The summed E-state index contributed by atoms with van der Waals surface area (Å²) >= 11 is 0. The number of nitrogens with one attached hydrogen (secondary N) is 1. The fraction of sp³-hybridized carbons (Fsp3) is 0.143. The molecular weight excluding hydrogens is 185 g/mol. The van der Waals surface area contributed by atoms with Crippen LogP contribution in [-0.4, -0.2) is 17.3 Å². The second-order valence-corrected chi connectivity index (χ2v) is 2.16. The number of alkyl halides is 2. The molecule has 13 heavy (non-hydrogen) atoms. The molecule has 0 saturated heterocycles. The Kier molecular flexibility index (Phi) is 2.84. The van der Waals surface area contributed by atoms with E-state index in [1.807, 2.05) is 5.32 Å². The highest BCUT2D eigenvalue weighted by Gasteiger charge is 2.14. The summed E-state index contributed by atoms with van der Waals surface area (Å²) in [6, 6.07) is 2.10. The van der Waals surface area contributed by atoms with Crippen LogP contribution >= 0.6 is 0 Å². The number of carbonyl (C=O) groups is 1. The van der Waals surface area contributed by atoms with Crippen LogP contribution in [0.15, 0.2) is 18.3 Å². The largest absolute Gasteiger partial charge is 0.320 e. The Morgan fingerprint density at radius 2 is 2.15 bits per heavy atom. The Balaban J connectivity index is 2.65. The smallest absolute Gasteiger partial charge is 0.315 e. The van der Waals surface area contributed by atoms with E-state index in [1.165, 1.54) is 0 Å². The minimum atomic E-state index is -3.09. The first-order valence-electron chi connectivity index (χ1n) is 3.30. The summed E-state index contributed by atoms with van der Waals surface area (Å²) in [6.45, 7) is 0. The van der Waals surface area contributed by atoms with E-state index >= 15 is 0 Å². The van der Waals surface area contributed by atoms with Crippen LogP contribution in [0.2, 0.25) is 0 Å². The number of aromatic nitrogens is 1. The summed E-state index contributed by atoms with van der Waals surface area (Å²) in [5, 5.41) is 1.85. The molecule has 0 aliphatic rings. The third kappa shape index (κ3) is 2.73. The quantitative estimate of drug-likeness (QED) is 0.716. The third-order valence-corrected chi connectivity index (χ3v) is 1.19. The molecule has 70 valence electrons. The average Bonchev–Trinajstić information content (AvgIpc) is 2.08. The van der Waals surface area contributed by atoms with Gasteiger partial charge < -0.3 is 5.32 Å². The Morgan fingerprint density at radius 1 is 1.46 bits per heavy atom. The van der Waals surface area contributed by atoms with Crippen LogP contribution in [0.5, 0.6) is 0 Å². The zero-order valence-corrected chi connectivity index (χ0v) is 6.30. The fourth-order valence-corrected chi connectivity index (χ4v) is 0.647. The van der Waals surface area contributed by atoms with Gasteiger partial charge >= 0.3 is 6.43 Å². The van der Waals surface area contributed by atoms with Crippen molar-refractivity contribution in [3.05, 3.63) is 24.3 Å². The minimum absolute atomic E-state index is 0.0340. The van der Waals surface area contributed by atoms with E-state index in [0.717, 1.165) is 18.3 Å². The molecule has 1 rings (SSSR count). The zero-order valence-electron chi connectivity index (χ0n) is 6.30. The summed E-state index contributed by atoms with van der Waals surface area (Å²) < 4.78 is 35.6. The van der Waals surface area contributed by atoms with Gasteiger partial charge in [-0.1, -0.05) is 0 Å². The first kappa shape index (κ1) is 9.50. The summed E-state index contributed by atoms with van der Waals surface area (Å²) in [5.74, 6) is -2.18. The van der Waals surface area contributed by atoms with Gasteiger partial charge in [-0.05, 0) is 12.1 Å². The van der Waals surface area contributed by atoms with Gasteiger partial charge in [0.25, 0.3) is 5.91 Å². The molecule has 0 aliphatic carbocycles. The van der Waals surface area contributed by atoms with E-state index < -0.39 is 18.3 Å². The molecule has 0 spiro atoms. The van der Waals surface area contributed by atoms with Crippen molar-refractivity contribution in [3.8, 4) is 0 Å². The number of rotatable bonds is 2. The SMILES string of the molecule is O=C(Nc1ccc(F)nc1)C(F)F. The molecule has 0 fully saturated rings. The maximum atomic E-state index is 12.2. The van der Waals surface area contributed by atoms with Gasteiger partial charge in [0.1, 0.15) is 0 Å². The van der Waals surface area contributed by atoms with E-state index in [9.17, 15) is 18.0 Å². The van der Waals surface area contributed by atoms with Crippen molar-refractivity contribution in [1.82, 2.24) is 4.98 Å². The third-order valence-electron chi connectivity index (χ3n) is 1.19. The van der Waals surface area contributed by atoms with E-state index in [1.54, 1.807) is 0 Å². The number of nitrogens with zero attached hydrogens (tertiary/aromatic N) is 1. The Morgan fingerprint density at radius 3 is 2.62 bits per heavy atom. The standard InChI is InChI=1S/C7H5F3N2O/c8-5-2-1-4(3-11-5)12-7(13)6(9)10/h1-3,6H,(H,12,13). The molecule has 0 saturated carbocycles. The van der Waals surface area contributed by atoms with Crippen molar-refractivity contribution >= 4 is 11.6 Å². The van der Waals surface area contributed by atoms with Gasteiger partial charge in [0.05, 0.1) is 11.9 Å². The van der Waals surface area contributed by atoms with Gasteiger partial charge in [-0.3, -0.25) is 4.79 Å². The van der Waals surface area contributed by atoms with E-state index in [0.29, 0.717) is 0 Å². The number of anilines is 1. The lowest BCUT2D eigenvalue weighted by Gasteiger charge is -2.02. The Labute approximate surface area is 71.6 Å². The van der Waals surface area contributed by atoms with Crippen LogP contribution in [0.25, 0.3) is 0 Å². The first-order chi connectivity index (χ1) is 6.09. The van der Waals surface area contributed by atoms with Crippen molar-refractivity contribution in [2.45, 2.75) is 6.43 Å². The number of hydrogen-bond donors (Lipinski definition) is 1. The molecule has 0 bridgehead atoms. The number of hydrogen-bond acceptors (Lipinski definition) is 2. The number of amides is 1. The number of carbonyl (C=O) groups excluding carboxylic acids is 1. The van der Waals surface area contributed by atoms with Gasteiger partial charge in [0, 0.05) is 0 Å². The fourth-order valence-electron chi connectivity index (χ4n) is 0.647. The maximum absolute atomic E-state index is 12.2. The van der Waals surface area contributed by atoms with E-state index in [-0.39, 0.29) is 5.69 Å². The van der Waals surface area contributed by atoms with Crippen LogP contribution in [-0.2, 0) is 4.79 Å². The predicted octanol–water partition coefficient (Wildman–Crippen LogP) is 1.42. The molecule has 3 nitrogen and oxygen atoms in total. The number of pyridine rings is 1. The molecule has 0 unspecified atom stereocenters. The van der Waals surface area contributed by atoms with Crippen LogP contribution in [0.1, 0.15) is 0 Å². The van der Waals surface area contributed by atoms with Gasteiger partial charge in [-0.25, -0.2) is 4.98 Å². The molecule has 1 aromatic heterocycles. The molecule has 1 amide bonds. The minimum Gasteiger partial charge on any atom is -0.320 e. The predicted molar refractivity (Wildman–Crippen MR) is 38.8 cm³/mol. The molecule has 6 heteroatoms. The lowest BCUT2D eigenvalue weighted by atomic mass is 10.4. The van der Waals surface area contributed by atoms with Crippen LogP contribution < -0.4 is 5.32 Å². The van der Waals surface area contributed by atoms with E-state index in [2.05, 4.69) is 4.98 Å². The van der Waals surface area contributed by atoms with Crippen molar-refractivity contribution in [2.75, 3.05) is 5.32 Å².